The molecule has 23 heavy (non-hydrogen) atoms. The van der Waals surface area contributed by atoms with Crippen molar-refractivity contribution in [1.29, 1.82) is 0 Å². The van der Waals surface area contributed by atoms with E-state index in [1.807, 2.05) is 19.2 Å². The van der Waals surface area contributed by atoms with E-state index in [1.165, 1.54) is 0 Å². The lowest BCUT2D eigenvalue weighted by Gasteiger charge is -2.11. The zero-order valence-electron chi connectivity index (χ0n) is 13.5. The molecule has 0 saturated heterocycles. The summed E-state index contributed by atoms with van der Waals surface area (Å²) in [5.41, 5.74) is 4.69. The molecule has 0 radical (unpaired) electrons. The van der Waals surface area contributed by atoms with Gasteiger partial charge in [0.15, 0.2) is 17.2 Å². The molecule has 0 unspecified atom stereocenters. The van der Waals surface area contributed by atoms with Crippen molar-refractivity contribution in [3.8, 4) is 22.8 Å². The van der Waals surface area contributed by atoms with E-state index in [2.05, 4.69) is 10.4 Å². The average Bonchev–Trinajstić information content (AvgIpc) is 3.19. The van der Waals surface area contributed by atoms with E-state index in [1.54, 1.807) is 18.9 Å². The number of ether oxygens (including phenoxy) is 2. The van der Waals surface area contributed by atoms with Crippen LogP contribution in [-0.2, 0) is 13.5 Å². The maximum atomic E-state index is 12.4. The molecule has 1 saturated carbocycles. The van der Waals surface area contributed by atoms with Gasteiger partial charge in [0, 0.05) is 30.6 Å². The fraction of sp³-hybridized carbons (Fsp3) is 0.412. The number of carbonyl (C=O) groups excluding carboxylic acids is 1. The van der Waals surface area contributed by atoms with E-state index in [0.29, 0.717) is 29.7 Å². The summed E-state index contributed by atoms with van der Waals surface area (Å²) in [4.78, 5) is 12.4. The molecule has 120 valence electrons. The molecule has 4 rings (SSSR count). The summed E-state index contributed by atoms with van der Waals surface area (Å²) in [6.07, 6.45) is 2.82. The first-order valence-electron chi connectivity index (χ1n) is 7.74. The highest BCUT2D eigenvalue weighted by molar-refractivity contribution is 5.97. The lowest BCUT2D eigenvalue weighted by molar-refractivity contribution is 0.0944. The molecule has 1 aromatic carbocycles. The van der Waals surface area contributed by atoms with Crippen molar-refractivity contribution in [1.82, 2.24) is 15.1 Å². The Morgan fingerprint density at radius 2 is 1.96 bits per heavy atom. The van der Waals surface area contributed by atoms with Crippen LogP contribution in [-0.4, -0.2) is 35.9 Å². The lowest BCUT2D eigenvalue weighted by Crippen LogP contribution is -2.26. The second kappa shape index (κ2) is 5.01. The Hall–Kier alpha value is -2.50. The van der Waals surface area contributed by atoms with Crippen LogP contribution in [0.25, 0.3) is 11.3 Å². The molecule has 1 fully saturated rings. The molecule has 6 nitrogen and oxygen atoms in total. The van der Waals surface area contributed by atoms with Crippen LogP contribution < -0.4 is 14.8 Å². The predicted molar refractivity (Wildman–Crippen MR) is 85.0 cm³/mol. The van der Waals surface area contributed by atoms with Gasteiger partial charge in [0.25, 0.3) is 5.91 Å². The van der Waals surface area contributed by atoms with Gasteiger partial charge >= 0.3 is 0 Å². The number of hydrogen-bond donors (Lipinski definition) is 1. The number of amides is 1. The van der Waals surface area contributed by atoms with E-state index in [0.717, 1.165) is 35.2 Å². The maximum absolute atomic E-state index is 12.4. The third-order valence-corrected chi connectivity index (χ3v) is 4.50. The molecule has 2 aromatic rings. The van der Waals surface area contributed by atoms with E-state index >= 15 is 0 Å². The van der Waals surface area contributed by atoms with Gasteiger partial charge < -0.3 is 14.8 Å². The number of fused-ring (bicyclic) bond motifs is 3. The quantitative estimate of drug-likeness (QED) is 0.799. The fourth-order valence-electron chi connectivity index (χ4n) is 3.21. The van der Waals surface area contributed by atoms with E-state index in [9.17, 15) is 4.79 Å². The molecular formula is C17H19N3O3. The molecule has 1 amide bonds. The zero-order valence-corrected chi connectivity index (χ0v) is 13.5. The highest BCUT2D eigenvalue weighted by Gasteiger charge is 2.32. The van der Waals surface area contributed by atoms with Crippen molar-refractivity contribution < 1.29 is 14.3 Å². The summed E-state index contributed by atoms with van der Waals surface area (Å²) in [6.45, 7) is 0. The minimum Gasteiger partial charge on any atom is -0.493 e. The number of nitrogens with zero attached hydrogens (tertiary/aromatic N) is 2. The Labute approximate surface area is 134 Å². The van der Waals surface area contributed by atoms with Crippen molar-refractivity contribution in [2.45, 2.75) is 25.3 Å². The molecule has 0 aliphatic heterocycles. The van der Waals surface area contributed by atoms with Crippen molar-refractivity contribution in [3.05, 3.63) is 29.0 Å². The normalized spacial score (nSPS) is 15.1. The molecular weight excluding hydrogens is 294 g/mol. The van der Waals surface area contributed by atoms with Gasteiger partial charge in [0.2, 0.25) is 0 Å². The minimum absolute atomic E-state index is 0.0731. The number of carbonyl (C=O) groups is 1. The number of aromatic nitrogens is 2. The first kappa shape index (κ1) is 14.1. The molecule has 0 spiro atoms. The molecule has 1 N–H and O–H groups in total. The molecule has 1 aromatic heterocycles. The Kier molecular flexibility index (Phi) is 3.07. The van der Waals surface area contributed by atoms with Gasteiger partial charge in [-0.1, -0.05) is 0 Å². The Bertz CT molecular complexity index is 806. The minimum atomic E-state index is -0.0731. The largest absolute Gasteiger partial charge is 0.493 e. The number of rotatable bonds is 4. The van der Waals surface area contributed by atoms with E-state index in [-0.39, 0.29) is 5.91 Å². The fourth-order valence-corrected chi connectivity index (χ4v) is 3.21. The summed E-state index contributed by atoms with van der Waals surface area (Å²) in [6, 6.07) is 4.27. The Balaban J connectivity index is 1.78. The van der Waals surface area contributed by atoms with Crippen molar-refractivity contribution >= 4 is 5.91 Å². The highest BCUT2D eigenvalue weighted by atomic mass is 16.5. The van der Waals surface area contributed by atoms with Gasteiger partial charge in [-0.3, -0.25) is 9.48 Å². The summed E-state index contributed by atoms with van der Waals surface area (Å²) < 4.78 is 12.6. The standard InChI is InChI=1S/C17H19N3O3/c1-20-16-11-8-14(23-3)13(22-2)7-9(11)6-12(16)15(19-20)17(21)18-10-4-5-10/h7-8,10H,4-6H2,1-3H3,(H,18,21). The third kappa shape index (κ3) is 2.17. The van der Waals surface area contributed by atoms with Crippen LogP contribution in [0.3, 0.4) is 0 Å². The van der Waals surface area contributed by atoms with Crippen molar-refractivity contribution in [2.24, 2.45) is 7.05 Å². The van der Waals surface area contributed by atoms with Gasteiger partial charge in [0.05, 0.1) is 19.9 Å². The van der Waals surface area contributed by atoms with Crippen LogP contribution in [0.5, 0.6) is 11.5 Å². The summed E-state index contributed by atoms with van der Waals surface area (Å²) in [5, 5.41) is 7.46. The Morgan fingerprint density at radius 3 is 2.61 bits per heavy atom. The molecule has 1 heterocycles. The van der Waals surface area contributed by atoms with Crippen LogP contribution in [0.4, 0.5) is 0 Å². The number of methoxy groups -OCH3 is 2. The molecule has 2 aliphatic carbocycles. The third-order valence-electron chi connectivity index (χ3n) is 4.50. The predicted octanol–water partition coefficient (Wildman–Crippen LogP) is 1.90. The SMILES string of the molecule is COc1cc2c(cc1OC)-c1c(c(C(=O)NC3CC3)nn1C)C2. The number of aryl methyl sites for hydroxylation is 1. The lowest BCUT2D eigenvalue weighted by atomic mass is 10.1. The van der Waals surface area contributed by atoms with Crippen LogP contribution >= 0.6 is 0 Å². The topological polar surface area (TPSA) is 65.4 Å². The summed E-state index contributed by atoms with van der Waals surface area (Å²) >= 11 is 0. The maximum Gasteiger partial charge on any atom is 0.272 e. The first-order chi connectivity index (χ1) is 11.1. The second-order valence-corrected chi connectivity index (χ2v) is 6.09. The second-order valence-electron chi connectivity index (χ2n) is 6.09. The zero-order chi connectivity index (χ0) is 16.1. The monoisotopic (exact) mass is 313 g/mol. The van der Waals surface area contributed by atoms with Crippen LogP contribution in [0.1, 0.15) is 34.5 Å². The van der Waals surface area contributed by atoms with Gasteiger partial charge in [-0.15, -0.1) is 0 Å². The first-order valence-corrected chi connectivity index (χ1v) is 7.74. The average molecular weight is 313 g/mol. The van der Waals surface area contributed by atoms with Gasteiger partial charge in [0.1, 0.15) is 0 Å². The van der Waals surface area contributed by atoms with E-state index in [4.69, 9.17) is 9.47 Å². The molecule has 2 aliphatic rings. The smallest absolute Gasteiger partial charge is 0.272 e. The van der Waals surface area contributed by atoms with Crippen molar-refractivity contribution in [2.75, 3.05) is 14.2 Å². The summed E-state index contributed by atoms with van der Waals surface area (Å²) in [7, 11) is 5.12. The van der Waals surface area contributed by atoms with Gasteiger partial charge in [-0.25, -0.2) is 0 Å². The van der Waals surface area contributed by atoms with Crippen LogP contribution in [0.2, 0.25) is 0 Å². The van der Waals surface area contributed by atoms with Crippen LogP contribution in [0, 0.1) is 0 Å². The molecule has 0 bridgehead atoms. The highest BCUT2D eigenvalue weighted by Crippen LogP contribution is 2.43. The molecule has 6 heteroatoms. The van der Waals surface area contributed by atoms with E-state index < -0.39 is 0 Å². The number of benzene rings is 1. The van der Waals surface area contributed by atoms with Gasteiger partial charge in [-0.05, 0) is 30.5 Å². The number of nitrogens with one attached hydrogen (secondary N) is 1. The molecule has 0 atom stereocenters. The van der Waals surface area contributed by atoms with Crippen LogP contribution in [0.15, 0.2) is 12.1 Å². The van der Waals surface area contributed by atoms with Gasteiger partial charge in [-0.2, -0.15) is 5.10 Å². The summed E-state index contributed by atoms with van der Waals surface area (Å²) in [5.74, 6) is 1.32. The number of hydrogen-bond acceptors (Lipinski definition) is 4. The van der Waals surface area contributed by atoms with Crippen molar-refractivity contribution in [3.63, 3.8) is 0 Å². The Morgan fingerprint density at radius 1 is 1.26 bits per heavy atom.